The fraction of sp³-hybridized carbons (Fsp3) is 0.118. The Kier molecular flexibility index (Phi) is 3.91. The molecule has 8 heteroatoms. The first-order valence-electron chi connectivity index (χ1n) is 7.24. The van der Waals surface area contributed by atoms with Gasteiger partial charge in [0.15, 0.2) is 0 Å². The van der Waals surface area contributed by atoms with E-state index >= 15 is 0 Å². The second kappa shape index (κ2) is 6.05. The molecule has 0 saturated heterocycles. The molecule has 0 radical (unpaired) electrons. The Morgan fingerprint density at radius 2 is 1.96 bits per heavy atom. The molecule has 3 aromatic rings. The molecule has 2 heterocycles. The van der Waals surface area contributed by atoms with Crippen molar-refractivity contribution < 1.29 is 9.90 Å². The number of aromatic nitrogens is 3. The summed E-state index contributed by atoms with van der Waals surface area (Å²) >= 11 is 0. The average molecular weight is 336 g/mol. The number of fused-ring (bicyclic) bond motifs is 1. The number of aryl methyl sites for hydroxylation is 1. The van der Waals surface area contributed by atoms with Crippen LogP contribution in [0.5, 0.6) is 0 Å². The lowest BCUT2D eigenvalue weighted by molar-refractivity contribution is 0.0696. The fourth-order valence-electron chi connectivity index (χ4n) is 2.51. The molecule has 0 atom stereocenters. The van der Waals surface area contributed by atoms with Crippen LogP contribution in [0.25, 0.3) is 11.0 Å². The Morgan fingerprint density at radius 1 is 1.28 bits per heavy atom. The van der Waals surface area contributed by atoms with Crippen molar-refractivity contribution in [3.8, 4) is 6.07 Å². The van der Waals surface area contributed by atoms with Gasteiger partial charge in [0, 0.05) is 13.2 Å². The number of nitrogens with zero attached hydrogens (tertiary/aromatic N) is 4. The predicted molar refractivity (Wildman–Crippen MR) is 88.5 cm³/mol. The molecule has 0 fully saturated rings. The first-order chi connectivity index (χ1) is 11.9. The van der Waals surface area contributed by atoms with Gasteiger partial charge in [0.1, 0.15) is 5.65 Å². The molecule has 2 aromatic heterocycles. The van der Waals surface area contributed by atoms with Crippen LogP contribution in [0.15, 0.2) is 46.1 Å². The summed E-state index contributed by atoms with van der Waals surface area (Å²) in [6.07, 6.45) is 1.11. The molecular formula is C17H12N4O4. The third-order valence-electron chi connectivity index (χ3n) is 3.85. The monoisotopic (exact) mass is 336 g/mol. The molecule has 0 amide bonds. The van der Waals surface area contributed by atoms with Crippen molar-refractivity contribution in [2.75, 3.05) is 0 Å². The van der Waals surface area contributed by atoms with Gasteiger partial charge in [-0.2, -0.15) is 5.26 Å². The van der Waals surface area contributed by atoms with Crippen molar-refractivity contribution in [3.05, 3.63) is 74.1 Å². The summed E-state index contributed by atoms with van der Waals surface area (Å²) in [5, 5.41) is 17.9. The van der Waals surface area contributed by atoms with Crippen molar-refractivity contribution in [1.82, 2.24) is 14.1 Å². The number of pyridine rings is 1. The average Bonchev–Trinajstić information content (AvgIpc) is 2.63. The van der Waals surface area contributed by atoms with Gasteiger partial charge < -0.3 is 5.11 Å². The van der Waals surface area contributed by atoms with Crippen LogP contribution in [0.2, 0.25) is 0 Å². The van der Waals surface area contributed by atoms with Crippen LogP contribution < -0.4 is 11.2 Å². The summed E-state index contributed by atoms with van der Waals surface area (Å²) < 4.78 is 2.21. The van der Waals surface area contributed by atoms with E-state index in [0.29, 0.717) is 11.1 Å². The zero-order chi connectivity index (χ0) is 18.1. The van der Waals surface area contributed by atoms with Crippen LogP contribution in [-0.2, 0) is 13.6 Å². The van der Waals surface area contributed by atoms with Crippen molar-refractivity contribution >= 4 is 17.0 Å². The minimum atomic E-state index is -1.21. The molecule has 0 aliphatic rings. The molecule has 1 aromatic carbocycles. The van der Waals surface area contributed by atoms with E-state index in [1.807, 2.05) is 6.07 Å². The predicted octanol–water partition coefficient (Wildman–Crippen LogP) is 0.713. The number of benzene rings is 1. The quantitative estimate of drug-likeness (QED) is 0.752. The maximum atomic E-state index is 12.7. The van der Waals surface area contributed by atoms with E-state index < -0.39 is 17.2 Å². The van der Waals surface area contributed by atoms with Crippen molar-refractivity contribution in [1.29, 1.82) is 5.26 Å². The van der Waals surface area contributed by atoms with Crippen LogP contribution in [-0.4, -0.2) is 25.2 Å². The van der Waals surface area contributed by atoms with Crippen LogP contribution in [0.3, 0.4) is 0 Å². The van der Waals surface area contributed by atoms with E-state index in [4.69, 9.17) is 10.4 Å². The Labute approximate surface area is 140 Å². The topological polar surface area (TPSA) is 118 Å². The summed E-state index contributed by atoms with van der Waals surface area (Å²) in [5.41, 5.74) is -0.0440. The Morgan fingerprint density at radius 3 is 2.56 bits per heavy atom. The largest absolute Gasteiger partial charge is 0.478 e. The lowest BCUT2D eigenvalue weighted by Crippen LogP contribution is -2.39. The molecule has 0 aliphatic carbocycles. The molecule has 124 valence electrons. The molecule has 8 nitrogen and oxygen atoms in total. The van der Waals surface area contributed by atoms with Gasteiger partial charge in [-0.05, 0) is 23.8 Å². The van der Waals surface area contributed by atoms with Crippen molar-refractivity contribution in [3.63, 3.8) is 0 Å². The van der Waals surface area contributed by atoms with Gasteiger partial charge in [-0.1, -0.05) is 12.1 Å². The van der Waals surface area contributed by atoms with Gasteiger partial charge >= 0.3 is 11.7 Å². The Hall–Kier alpha value is -3.73. The van der Waals surface area contributed by atoms with Gasteiger partial charge in [0.25, 0.3) is 5.56 Å². The van der Waals surface area contributed by atoms with Gasteiger partial charge in [0.05, 0.1) is 29.1 Å². The first-order valence-corrected chi connectivity index (χ1v) is 7.24. The van der Waals surface area contributed by atoms with Crippen LogP contribution >= 0.6 is 0 Å². The number of nitriles is 1. The van der Waals surface area contributed by atoms with Crippen LogP contribution in [0.1, 0.15) is 21.5 Å². The maximum Gasteiger partial charge on any atom is 0.337 e. The number of aromatic carboxylic acids is 1. The van der Waals surface area contributed by atoms with E-state index in [1.165, 1.54) is 17.7 Å². The minimum absolute atomic E-state index is 0.00442. The number of rotatable bonds is 3. The maximum absolute atomic E-state index is 12.7. The Balaban J connectivity index is 2.20. The first kappa shape index (κ1) is 16.1. The zero-order valence-electron chi connectivity index (χ0n) is 13.1. The molecule has 0 spiro atoms. The van der Waals surface area contributed by atoms with Crippen LogP contribution in [0.4, 0.5) is 0 Å². The van der Waals surface area contributed by atoms with Gasteiger partial charge in [-0.15, -0.1) is 0 Å². The third kappa shape index (κ3) is 2.79. The summed E-state index contributed by atoms with van der Waals surface area (Å²) in [4.78, 5) is 40.2. The van der Waals surface area contributed by atoms with E-state index in [0.717, 1.165) is 10.8 Å². The number of carboxylic acids is 1. The molecule has 0 bridgehead atoms. The summed E-state index contributed by atoms with van der Waals surface area (Å²) in [6.45, 7) is 0.00442. The van der Waals surface area contributed by atoms with Gasteiger partial charge in [0.2, 0.25) is 0 Å². The molecule has 25 heavy (non-hydrogen) atoms. The van der Waals surface area contributed by atoms with E-state index in [-0.39, 0.29) is 23.1 Å². The zero-order valence-corrected chi connectivity index (χ0v) is 13.1. The van der Waals surface area contributed by atoms with Crippen molar-refractivity contribution in [2.45, 2.75) is 6.54 Å². The molecule has 0 aliphatic heterocycles. The van der Waals surface area contributed by atoms with Crippen LogP contribution in [0, 0.1) is 11.3 Å². The lowest BCUT2D eigenvalue weighted by Gasteiger charge is -2.10. The summed E-state index contributed by atoms with van der Waals surface area (Å²) in [7, 11) is 1.47. The number of carbonyl (C=O) groups is 1. The molecule has 1 N–H and O–H groups in total. The normalized spacial score (nSPS) is 10.6. The highest BCUT2D eigenvalue weighted by Gasteiger charge is 2.15. The van der Waals surface area contributed by atoms with E-state index in [2.05, 4.69) is 4.98 Å². The number of hydrogen-bond acceptors (Lipinski definition) is 5. The van der Waals surface area contributed by atoms with Gasteiger partial charge in [-0.25, -0.2) is 14.6 Å². The third-order valence-corrected chi connectivity index (χ3v) is 3.85. The SMILES string of the molecule is Cn1c(=O)n(Cc2ccc(C#N)cc2)c(=O)c2cc(C(=O)O)cnc21. The standard InChI is InChI=1S/C17H12N4O4/c1-20-14-13(6-12(8-19-14)16(23)24)15(22)21(17(20)25)9-11-4-2-10(7-18)3-5-11/h2-6,8H,9H2,1H3,(H,23,24). The number of hydrogen-bond donors (Lipinski definition) is 1. The highest BCUT2D eigenvalue weighted by molar-refractivity contribution is 5.91. The second-order valence-corrected chi connectivity index (χ2v) is 5.44. The molecule has 3 rings (SSSR count). The molecular weight excluding hydrogens is 324 g/mol. The summed E-state index contributed by atoms with van der Waals surface area (Å²) in [5.74, 6) is -1.21. The Bertz CT molecular complexity index is 1150. The molecule has 0 unspecified atom stereocenters. The number of carboxylic acid groups (broad SMARTS) is 1. The fourth-order valence-corrected chi connectivity index (χ4v) is 2.51. The summed E-state index contributed by atoms with van der Waals surface area (Å²) in [6, 6.07) is 9.70. The van der Waals surface area contributed by atoms with Gasteiger partial charge in [-0.3, -0.25) is 13.9 Å². The smallest absolute Gasteiger partial charge is 0.337 e. The highest BCUT2D eigenvalue weighted by Crippen LogP contribution is 2.09. The van der Waals surface area contributed by atoms with E-state index in [1.54, 1.807) is 24.3 Å². The lowest BCUT2D eigenvalue weighted by atomic mass is 10.1. The second-order valence-electron chi connectivity index (χ2n) is 5.44. The van der Waals surface area contributed by atoms with E-state index in [9.17, 15) is 14.4 Å². The van der Waals surface area contributed by atoms with Crippen molar-refractivity contribution in [2.24, 2.45) is 7.05 Å². The minimum Gasteiger partial charge on any atom is -0.478 e. The molecule has 0 saturated carbocycles. The highest BCUT2D eigenvalue weighted by atomic mass is 16.4.